The van der Waals surface area contributed by atoms with Crippen LogP contribution >= 0.6 is 0 Å². The average molecular weight is 422 g/mol. The predicted octanol–water partition coefficient (Wildman–Crippen LogP) is 9.80. The van der Waals surface area contributed by atoms with Crippen molar-refractivity contribution >= 4 is 11.4 Å². The number of aryl methyl sites for hydroxylation is 3. The summed E-state index contributed by atoms with van der Waals surface area (Å²) in [6.07, 6.45) is 19.6. The first kappa shape index (κ1) is 25.5. The van der Waals surface area contributed by atoms with Crippen molar-refractivity contribution in [1.82, 2.24) is 0 Å². The van der Waals surface area contributed by atoms with Crippen LogP contribution < -0.4 is 5.32 Å². The second kappa shape index (κ2) is 16.0. The minimum atomic E-state index is 1.20. The lowest BCUT2D eigenvalue weighted by Crippen LogP contribution is -1.99. The molecule has 172 valence electrons. The highest BCUT2D eigenvalue weighted by atomic mass is 14.9. The molecule has 0 saturated heterocycles. The van der Waals surface area contributed by atoms with Gasteiger partial charge in [-0.3, -0.25) is 0 Å². The molecule has 0 amide bonds. The molecular formula is C30H47N. The molecule has 0 spiro atoms. The molecule has 2 aromatic carbocycles. The van der Waals surface area contributed by atoms with Gasteiger partial charge in [0.25, 0.3) is 0 Å². The van der Waals surface area contributed by atoms with E-state index in [2.05, 4.69) is 68.6 Å². The van der Waals surface area contributed by atoms with Crippen molar-refractivity contribution in [3.05, 3.63) is 59.2 Å². The minimum absolute atomic E-state index is 1.20. The van der Waals surface area contributed by atoms with E-state index in [1.54, 1.807) is 11.1 Å². The highest BCUT2D eigenvalue weighted by Gasteiger charge is 2.06. The van der Waals surface area contributed by atoms with Gasteiger partial charge < -0.3 is 5.32 Å². The Labute approximate surface area is 193 Å². The monoisotopic (exact) mass is 421 g/mol. The van der Waals surface area contributed by atoms with Crippen LogP contribution in [0, 0.1) is 0 Å². The standard InChI is InChI=1S/C30H47N/c1-4-7-10-13-16-26-19-22-29(23-20-26)31-30-24-21-27(17-14-11-8-5-2)28(25-30)18-15-12-9-6-3/h19-25,31H,4-18H2,1-3H3. The average Bonchev–Trinajstić information content (AvgIpc) is 2.79. The lowest BCUT2D eigenvalue weighted by atomic mass is 9.96. The fourth-order valence-electron chi connectivity index (χ4n) is 4.34. The van der Waals surface area contributed by atoms with Gasteiger partial charge in [0, 0.05) is 11.4 Å². The van der Waals surface area contributed by atoms with E-state index >= 15 is 0 Å². The van der Waals surface area contributed by atoms with Gasteiger partial charge in [-0.25, -0.2) is 0 Å². The zero-order chi connectivity index (χ0) is 22.2. The third-order valence-electron chi connectivity index (χ3n) is 6.37. The second-order valence-electron chi connectivity index (χ2n) is 9.24. The Bertz CT molecular complexity index is 701. The van der Waals surface area contributed by atoms with Crippen molar-refractivity contribution in [3.8, 4) is 0 Å². The molecule has 0 saturated carbocycles. The molecule has 0 fully saturated rings. The topological polar surface area (TPSA) is 12.0 Å². The van der Waals surface area contributed by atoms with Crippen LogP contribution in [0.4, 0.5) is 11.4 Å². The first-order valence-electron chi connectivity index (χ1n) is 13.2. The van der Waals surface area contributed by atoms with Crippen LogP contribution in [0.3, 0.4) is 0 Å². The van der Waals surface area contributed by atoms with Gasteiger partial charge in [-0.05, 0) is 79.5 Å². The largest absolute Gasteiger partial charge is 0.356 e. The Morgan fingerprint density at radius 2 is 1.00 bits per heavy atom. The summed E-state index contributed by atoms with van der Waals surface area (Å²) < 4.78 is 0. The molecule has 0 aliphatic carbocycles. The Kier molecular flexibility index (Phi) is 13.1. The van der Waals surface area contributed by atoms with Gasteiger partial charge in [-0.15, -0.1) is 0 Å². The number of rotatable bonds is 17. The molecular weight excluding hydrogens is 374 g/mol. The van der Waals surface area contributed by atoms with Crippen LogP contribution in [0.2, 0.25) is 0 Å². The fourth-order valence-corrected chi connectivity index (χ4v) is 4.34. The summed E-state index contributed by atoms with van der Waals surface area (Å²) in [4.78, 5) is 0. The van der Waals surface area contributed by atoms with Crippen molar-refractivity contribution in [3.63, 3.8) is 0 Å². The normalized spacial score (nSPS) is 11.1. The maximum Gasteiger partial charge on any atom is 0.0387 e. The number of hydrogen-bond donors (Lipinski definition) is 1. The quantitative estimate of drug-likeness (QED) is 0.251. The molecule has 31 heavy (non-hydrogen) atoms. The molecule has 0 heterocycles. The third-order valence-corrected chi connectivity index (χ3v) is 6.37. The van der Waals surface area contributed by atoms with Crippen LogP contribution in [0.5, 0.6) is 0 Å². The van der Waals surface area contributed by atoms with Gasteiger partial charge in [0.15, 0.2) is 0 Å². The van der Waals surface area contributed by atoms with Crippen molar-refractivity contribution in [1.29, 1.82) is 0 Å². The SMILES string of the molecule is CCCCCCc1ccc(Nc2ccc(CCCCCC)c(CCCCCC)c2)cc1. The summed E-state index contributed by atoms with van der Waals surface area (Å²) in [5.74, 6) is 0. The summed E-state index contributed by atoms with van der Waals surface area (Å²) in [5.41, 5.74) is 7.02. The zero-order valence-corrected chi connectivity index (χ0v) is 20.6. The molecule has 1 N–H and O–H groups in total. The summed E-state index contributed by atoms with van der Waals surface area (Å²) in [6.45, 7) is 6.86. The fraction of sp³-hybridized carbons (Fsp3) is 0.600. The first-order chi connectivity index (χ1) is 15.3. The summed E-state index contributed by atoms with van der Waals surface area (Å²) >= 11 is 0. The van der Waals surface area contributed by atoms with Crippen LogP contribution in [0.25, 0.3) is 0 Å². The number of unbranched alkanes of at least 4 members (excludes halogenated alkanes) is 9. The molecule has 0 unspecified atom stereocenters. The number of hydrogen-bond acceptors (Lipinski definition) is 1. The van der Waals surface area contributed by atoms with Gasteiger partial charge in [-0.2, -0.15) is 0 Å². The van der Waals surface area contributed by atoms with Crippen molar-refractivity contribution in [2.24, 2.45) is 0 Å². The van der Waals surface area contributed by atoms with Gasteiger partial charge in [0.1, 0.15) is 0 Å². The number of nitrogens with one attached hydrogen (secondary N) is 1. The van der Waals surface area contributed by atoms with E-state index in [0.717, 1.165) is 0 Å². The highest BCUT2D eigenvalue weighted by Crippen LogP contribution is 2.24. The molecule has 1 heteroatoms. The summed E-state index contributed by atoms with van der Waals surface area (Å²) in [6, 6.07) is 16.2. The molecule has 0 aliphatic rings. The van der Waals surface area contributed by atoms with Gasteiger partial charge in [-0.1, -0.05) is 96.8 Å². The smallest absolute Gasteiger partial charge is 0.0387 e. The molecule has 0 aromatic heterocycles. The van der Waals surface area contributed by atoms with E-state index < -0.39 is 0 Å². The van der Waals surface area contributed by atoms with Crippen LogP contribution in [0.1, 0.15) is 115 Å². The van der Waals surface area contributed by atoms with E-state index in [0.29, 0.717) is 0 Å². The Hall–Kier alpha value is -1.76. The minimum Gasteiger partial charge on any atom is -0.356 e. The molecule has 0 radical (unpaired) electrons. The Morgan fingerprint density at radius 1 is 0.484 bits per heavy atom. The predicted molar refractivity (Wildman–Crippen MR) is 140 cm³/mol. The highest BCUT2D eigenvalue weighted by molar-refractivity contribution is 5.61. The van der Waals surface area contributed by atoms with Gasteiger partial charge in [0.05, 0.1) is 0 Å². The van der Waals surface area contributed by atoms with Gasteiger partial charge in [0.2, 0.25) is 0 Å². The Balaban J connectivity index is 1.97. The zero-order valence-electron chi connectivity index (χ0n) is 20.6. The van der Waals surface area contributed by atoms with E-state index in [4.69, 9.17) is 0 Å². The summed E-state index contributed by atoms with van der Waals surface area (Å²) in [5, 5.41) is 3.65. The molecule has 2 rings (SSSR count). The van der Waals surface area contributed by atoms with Crippen molar-refractivity contribution in [2.45, 2.75) is 117 Å². The number of anilines is 2. The second-order valence-corrected chi connectivity index (χ2v) is 9.24. The van der Waals surface area contributed by atoms with Crippen LogP contribution in [-0.4, -0.2) is 0 Å². The maximum atomic E-state index is 3.65. The molecule has 0 bridgehead atoms. The van der Waals surface area contributed by atoms with E-state index in [9.17, 15) is 0 Å². The molecule has 1 nitrogen and oxygen atoms in total. The van der Waals surface area contributed by atoms with Crippen molar-refractivity contribution < 1.29 is 0 Å². The van der Waals surface area contributed by atoms with Crippen LogP contribution in [0.15, 0.2) is 42.5 Å². The lowest BCUT2D eigenvalue weighted by molar-refractivity contribution is 0.651. The van der Waals surface area contributed by atoms with Crippen molar-refractivity contribution in [2.75, 3.05) is 5.32 Å². The first-order valence-corrected chi connectivity index (χ1v) is 13.2. The van der Waals surface area contributed by atoms with E-state index in [1.807, 2.05) is 0 Å². The Morgan fingerprint density at radius 3 is 1.58 bits per heavy atom. The molecule has 0 atom stereocenters. The van der Waals surface area contributed by atoms with E-state index in [1.165, 1.54) is 113 Å². The van der Waals surface area contributed by atoms with E-state index in [-0.39, 0.29) is 0 Å². The number of benzene rings is 2. The maximum absolute atomic E-state index is 3.65. The summed E-state index contributed by atoms with van der Waals surface area (Å²) in [7, 11) is 0. The molecule has 2 aromatic rings. The third kappa shape index (κ3) is 10.4. The molecule has 0 aliphatic heterocycles. The lowest BCUT2D eigenvalue weighted by Gasteiger charge is -2.14. The van der Waals surface area contributed by atoms with Crippen LogP contribution in [-0.2, 0) is 19.3 Å². The van der Waals surface area contributed by atoms with Gasteiger partial charge >= 0.3 is 0 Å².